The molecule has 0 aliphatic carbocycles. The van der Waals surface area contributed by atoms with E-state index in [1.807, 2.05) is 39.0 Å². The average molecular weight is 342 g/mol. The molecule has 2 rings (SSSR count). The monoisotopic (exact) mass is 342 g/mol. The van der Waals surface area contributed by atoms with Crippen LogP contribution in [0.15, 0.2) is 41.5 Å². The van der Waals surface area contributed by atoms with Crippen LogP contribution in [-0.2, 0) is 4.79 Å². The minimum atomic E-state index is -0.359. The van der Waals surface area contributed by atoms with Gasteiger partial charge in [0.25, 0.3) is 5.91 Å². The number of ether oxygens (including phenoxy) is 2. The topological polar surface area (TPSA) is 80.2 Å². The summed E-state index contributed by atoms with van der Waals surface area (Å²) in [5.74, 6) is 0.783. The lowest BCUT2D eigenvalue weighted by Gasteiger charge is -2.10. The first-order valence-electron chi connectivity index (χ1n) is 7.98. The number of benzene rings is 2. The van der Waals surface area contributed by atoms with Crippen LogP contribution in [0.3, 0.4) is 0 Å². The van der Waals surface area contributed by atoms with Crippen molar-refractivity contribution in [3.8, 4) is 17.2 Å². The van der Waals surface area contributed by atoms with Crippen LogP contribution < -0.4 is 14.9 Å². The smallest absolute Gasteiger partial charge is 0.277 e. The molecule has 0 bridgehead atoms. The van der Waals surface area contributed by atoms with E-state index < -0.39 is 0 Å². The molecule has 2 aromatic carbocycles. The van der Waals surface area contributed by atoms with Crippen LogP contribution >= 0.6 is 0 Å². The zero-order valence-electron chi connectivity index (χ0n) is 14.6. The van der Waals surface area contributed by atoms with Crippen LogP contribution in [0.25, 0.3) is 0 Å². The van der Waals surface area contributed by atoms with E-state index in [2.05, 4.69) is 10.5 Å². The molecule has 0 spiro atoms. The molecule has 1 amide bonds. The Morgan fingerprint density at radius 1 is 1.20 bits per heavy atom. The van der Waals surface area contributed by atoms with Crippen LogP contribution in [0, 0.1) is 13.8 Å². The van der Waals surface area contributed by atoms with Gasteiger partial charge < -0.3 is 14.6 Å². The van der Waals surface area contributed by atoms with Crippen LogP contribution in [0.5, 0.6) is 17.2 Å². The SMILES string of the molecule is CCOc1cc(/C=N/NC(=O)COc2c(C)cccc2C)ccc1O. The molecule has 6 heteroatoms. The Kier molecular flexibility index (Phi) is 6.39. The normalized spacial score (nSPS) is 10.7. The first-order valence-corrected chi connectivity index (χ1v) is 7.98. The molecular weight excluding hydrogens is 320 g/mol. The zero-order chi connectivity index (χ0) is 18.2. The summed E-state index contributed by atoms with van der Waals surface area (Å²) in [5.41, 5.74) is 5.05. The number of phenols is 1. The van der Waals surface area contributed by atoms with Crippen LogP contribution in [0.1, 0.15) is 23.6 Å². The number of aryl methyl sites for hydroxylation is 2. The third-order valence-electron chi connectivity index (χ3n) is 3.44. The van der Waals surface area contributed by atoms with Crippen LogP contribution in [-0.4, -0.2) is 30.4 Å². The standard InChI is InChI=1S/C19H22N2O4/c1-4-24-17-10-15(8-9-16(17)22)11-20-21-18(23)12-25-19-13(2)6-5-7-14(19)3/h5-11,22H,4,12H2,1-3H3,(H,21,23)/b20-11+. The van der Waals surface area contributed by atoms with Gasteiger partial charge in [-0.15, -0.1) is 0 Å². The highest BCUT2D eigenvalue weighted by molar-refractivity contribution is 5.83. The molecule has 132 valence electrons. The van der Waals surface area contributed by atoms with E-state index in [1.54, 1.807) is 12.1 Å². The van der Waals surface area contributed by atoms with Gasteiger partial charge in [-0.25, -0.2) is 5.43 Å². The van der Waals surface area contributed by atoms with Crippen molar-refractivity contribution in [2.45, 2.75) is 20.8 Å². The van der Waals surface area contributed by atoms with Gasteiger partial charge in [0.05, 0.1) is 12.8 Å². The van der Waals surface area contributed by atoms with Crippen LogP contribution in [0.4, 0.5) is 0 Å². The summed E-state index contributed by atoms with van der Waals surface area (Å²) >= 11 is 0. The zero-order valence-corrected chi connectivity index (χ0v) is 14.6. The van der Waals surface area contributed by atoms with E-state index in [1.165, 1.54) is 12.3 Å². The van der Waals surface area contributed by atoms with Gasteiger partial charge in [-0.3, -0.25) is 4.79 Å². The summed E-state index contributed by atoms with van der Waals surface area (Å²) in [7, 11) is 0. The summed E-state index contributed by atoms with van der Waals surface area (Å²) in [5, 5.41) is 13.5. The summed E-state index contributed by atoms with van der Waals surface area (Å²) in [6.45, 7) is 6.01. The molecule has 0 fully saturated rings. The number of hydrogen-bond donors (Lipinski definition) is 2. The summed E-state index contributed by atoms with van der Waals surface area (Å²) in [6.07, 6.45) is 1.47. The molecule has 2 N–H and O–H groups in total. The molecule has 0 saturated carbocycles. The van der Waals surface area contributed by atoms with E-state index in [0.29, 0.717) is 23.7 Å². The molecule has 0 aliphatic heterocycles. The molecule has 0 unspecified atom stereocenters. The molecular formula is C19H22N2O4. The summed E-state index contributed by atoms with van der Waals surface area (Å²) in [4.78, 5) is 11.8. The number of phenolic OH excluding ortho intramolecular Hbond substituents is 1. The van der Waals surface area contributed by atoms with Gasteiger partial charge in [0.2, 0.25) is 0 Å². The highest BCUT2D eigenvalue weighted by Gasteiger charge is 2.06. The molecule has 6 nitrogen and oxygen atoms in total. The van der Waals surface area contributed by atoms with Gasteiger partial charge >= 0.3 is 0 Å². The fourth-order valence-electron chi connectivity index (χ4n) is 2.26. The highest BCUT2D eigenvalue weighted by atomic mass is 16.5. The largest absolute Gasteiger partial charge is 0.504 e. The fraction of sp³-hybridized carbons (Fsp3) is 0.263. The van der Waals surface area contributed by atoms with Crippen molar-refractivity contribution in [1.82, 2.24) is 5.43 Å². The maximum absolute atomic E-state index is 11.8. The molecule has 0 heterocycles. The number of amides is 1. The molecule has 0 aliphatic rings. The minimum Gasteiger partial charge on any atom is -0.504 e. The van der Waals surface area contributed by atoms with Crippen LogP contribution in [0.2, 0.25) is 0 Å². The van der Waals surface area contributed by atoms with Gasteiger partial charge in [-0.1, -0.05) is 18.2 Å². The van der Waals surface area contributed by atoms with Gasteiger partial charge in [0.1, 0.15) is 5.75 Å². The third-order valence-corrected chi connectivity index (χ3v) is 3.44. The lowest BCUT2D eigenvalue weighted by molar-refractivity contribution is -0.123. The van der Waals surface area contributed by atoms with E-state index in [0.717, 1.165) is 11.1 Å². The number of carbonyl (C=O) groups excluding carboxylic acids is 1. The number of hydrazone groups is 1. The lowest BCUT2D eigenvalue weighted by Crippen LogP contribution is -2.25. The van der Waals surface area contributed by atoms with Crippen molar-refractivity contribution in [3.05, 3.63) is 53.1 Å². The number of aromatic hydroxyl groups is 1. The van der Waals surface area contributed by atoms with Crippen molar-refractivity contribution >= 4 is 12.1 Å². The Balaban J connectivity index is 1.89. The molecule has 0 radical (unpaired) electrons. The quantitative estimate of drug-likeness (QED) is 0.599. The van der Waals surface area contributed by atoms with E-state index >= 15 is 0 Å². The van der Waals surface area contributed by atoms with Crippen molar-refractivity contribution in [3.63, 3.8) is 0 Å². The Hall–Kier alpha value is -3.02. The second-order valence-corrected chi connectivity index (χ2v) is 5.46. The highest BCUT2D eigenvalue weighted by Crippen LogP contribution is 2.26. The Morgan fingerprint density at radius 3 is 2.60 bits per heavy atom. The number of hydrogen-bond acceptors (Lipinski definition) is 5. The predicted molar refractivity (Wildman–Crippen MR) is 96.4 cm³/mol. The average Bonchev–Trinajstić information content (AvgIpc) is 2.57. The van der Waals surface area contributed by atoms with E-state index in [9.17, 15) is 9.90 Å². The molecule has 0 atom stereocenters. The molecule has 2 aromatic rings. The first-order chi connectivity index (χ1) is 12.0. The number of nitrogens with one attached hydrogen (secondary N) is 1. The number of para-hydroxylation sites is 1. The Labute approximate surface area is 147 Å². The number of nitrogens with zero attached hydrogens (tertiary/aromatic N) is 1. The van der Waals surface area contributed by atoms with Crippen molar-refractivity contribution < 1.29 is 19.4 Å². The second kappa shape index (κ2) is 8.73. The Morgan fingerprint density at radius 2 is 1.92 bits per heavy atom. The molecule has 0 saturated heterocycles. The summed E-state index contributed by atoms with van der Waals surface area (Å²) in [6, 6.07) is 10.6. The molecule has 0 aromatic heterocycles. The predicted octanol–water partition coefficient (Wildman–Crippen LogP) is 2.94. The van der Waals surface area contributed by atoms with Crippen molar-refractivity contribution in [2.24, 2.45) is 5.10 Å². The number of rotatable bonds is 7. The Bertz CT molecular complexity index is 752. The summed E-state index contributed by atoms with van der Waals surface area (Å²) < 4.78 is 10.9. The minimum absolute atomic E-state index is 0.0602. The van der Waals surface area contributed by atoms with Gasteiger partial charge in [-0.05, 0) is 55.7 Å². The van der Waals surface area contributed by atoms with Gasteiger partial charge in [0, 0.05) is 0 Å². The van der Waals surface area contributed by atoms with Crippen molar-refractivity contribution in [1.29, 1.82) is 0 Å². The lowest BCUT2D eigenvalue weighted by atomic mass is 10.1. The third kappa shape index (κ3) is 5.24. The van der Waals surface area contributed by atoms with Crippen molar-refractivity contribution in [2.75, 3.05) is 13.2 Å². The second-order valence-electron chi connectivity index (χ2n) is 5.46. The maximum Gasteiger partial charge on any atom is 0.277 e. The van der Waals surface area contributed by atoms with Gasteiger partial charge in [0.15, 0.2) is 18.1 Å². The first kappa shape index (κ1) is 18.3. The van der Waals surface area contributed by atoms with E-state index in [4.69, 9.17) is 9.47 Å². The number of carbonyl (C=O) groups is 1. The maximum atomic E-state index is 11.8. The molecule has 25 heavy (non-hydrogen) atoms. The fourth-order valence-corrected chi connectivity index (χ4v) is 2.26. The van der Waals surface area contributed by atoms with Gasteiger partial charge in [-0.2, -0.15) is 5.10 Å². The van der Waals surface area contributed by atoms with E-state index in [-0.39, 0.29) is 18.3 Å².